The van der Waals surface area contributed by atoms with Gasteiger partial charge in [0.2, 0.25) is 0 Å². The summed E-state index contributed by atoms with van der Waals surface area (Å²) in [7, 11) is 0. The van der Waals surface area contributed by atoms with Crippen molar-refractivity contribution >= 4 is 23.5 Å². The van der Waals surface area contributed by atoms with Crippen LogP contribution in [0.25, 0.3) is 0 Å². The highest BCUT2D eigenvalue weighted by atomic mass is 32.2. The van der Waals surface area contributed by atoms with Crippen molar-refractivity contribution in [2.45, 2.75) is 64.7 Å². The standard InChI is InChI=1S/C16H26S2/c1-2-4-13-5-7-16(8-6-13)11-14(12-16)15-17-9-3-10-18-15/h13H,2-12H2,1H3. The molecule has 0 radical (unpaired) electrons. The Hall–Kier alpha value is 0.440. The molecule has 3 rings (SSSR count). The van der Waals surface area contributed by atoms with Crippen molar-refractivity contribution < 1.29 is 0 Å². The molecule has 0 bridgehead atoms. The molecule has 2 saturated carbocycles. The predicted molar refractivity (Wildman–Crippen MR) is 85.1 cm³/mol. The average molecular weight is 283 g/mol. The lowest BCUT2D eigenvalue weighted by Crippen LogP contribution is -2.36. The number of allylic oxidation sites excluding steroid dienone is 1. The van der Waals surface area contributed by atoms with E-state index in [0.29, 0.717) is 0 Å². The van der Waals surface area contributed by atoms with Crippen molar-refractivity contribution in [1.82, 2.24) is 0 Å². The van der Waals surface area contributed by atoms with Crippen LogP contribution in [0.3, 0.4) is 0 Å². The van der Waals surface area contributed by atoms with Crippen molar-refractivity contribution in [1.29, 1.82) is 0 Å². The van der Waals surface area contributed by atoms with Gasteiger partial charge in [-0.3, -0.25) is 0 Å². The van der Waals surface area contributed by atoms with Crippen molar-refractivity contribution in [3.8, 4) is 0 Å². The molecule has 0 aromatic heterocycles. The average Bonchev–Trinajstić information content (AvgIpc) is 2.39. The molecule has 0 unspecified atom stereocenters. The maximum absolute atomic E-state index is 2.34. The Balaban J connectivity index is 1.52. The molecule has 0 aromatic carbocycles. The molecule has 1 aliphatic heterocycles. The molecular weight excluding hydrogens is 256 g/mol. The highest BCUT2D eigenvalue weighted by molar-refractivity contribution is 8.22. The zero-order valence-corrected chi connectivity index (χ0v) is 13.3. The first-order valence-corrected chi connectivity index (χ1v) is 9.76. The zero-order valence-electron chi connectivity index (χ0n) is 11.7. The molecule has 1 spiro atoms. The molecule has 0 atom stereocenters. The van der Waals surface area contributed by atoms with E-state index in [4.69, 9.17) is 0 Å². The molecule has 3 aliphatic rings. The fraction of sp³-hybridized carbons (Fsp3) is 0.875. The van der Waals surface area contributed by atoms with Crippen LogP contribution in [-0.4, -0.2) is 11.5 Å². The van der Waals surface area contributed by atoms with Gasteiger partial charge >= 0.3 is 0 Å². The normalized spacial score (nSPS) is 36.8. The molecule has 2 aliphatic carbocycles. The van der Waals surface area contributed by atoms with Crippen LogP contribution in [0.15, 0.2) is 9.81 Å². The summed E-state index contributed by atoms with van der Waals surface area (Å²) in [5, 5.41) is 0. The van der Waals surface area contributed by atoms with Gasteiger partial charge in [0, 0.05) is 4.24 Å². The third-order valence-corrected chi connectivity index (χ3v) is 7.88. The van der Waals surface area contributed by atoms with Crippen molar-refractivity contribution in [3.05, 3.63) is 9.81 Å². The minimum absolute atomic E-state index is 0.769. The van der Waals surface area contributed by atoms with E-state index < -0.39 is 0 Å². The minimum atomic E-state index is 0.769. The Kier molecular flexibility index (Phi) is 4.35. The van der Waals surface area contributed by atoms with Gasteiger partial charge in [0.1, 0.15) is 0 Å². The van der Waals surface area contributed by atoms with Crippen LogP contribution in [0.1, 0.15) is 64.7 Å². The Morgan fingerprint density at radius 1 is 1.11 bits per heavy atom. The van der Waals surface area contributed by atoms with Crippen LogP contribution in [-0.2, 0) is 0 Å². The molecule has 1 saturated heterocycles. The molecule has 3 fully saturated rings. The van der Waals surface area contributed by atoms with Crippen LogP contribution < -0.4 is 0 Å². The first kappa shape index (κ1) is 13.4. The van der Waals surface area contributed by atoms with E-state index in [9.17, 15) is 0 Å². The van der Waals surface area contributed by atoms with Gasteiger partial charge < -0.3 is 0 Å². The zero-order chi connectivity index (χ0) is 12.4. The van der Waals surface area contributed by atoms with E-state index in [1.807, 2.05) is 5.57 Å². The molecule has 102 valence electrons. The summed E-state index contributed by atoms with van der Waals surface area (Å²) in [5.41, 5.74) is 2.60. The Morgan fingerprint density at radius 3 is 2.39 bits per heavy atom. The van der Waals surface area contributed by atoms with Gasteiger partial charge in [-0.05, 0) is 73.4 Å². The van der Waals surface area contributed by atoms with Crippen molar-refractivity contribution in [2.24, 2.45) is 11.3 Å². The molecule has 0 N–H and O–H groups in total. The van der Waals surface area contributed by atoms with E-state index in [0.717, 1.165) is 11.3 Å². The first-order valence-electron chi connectivity index (χ1n) is 7.79. The van der Waals surface area contributed by atoms with E-state index in [2.05, 4.69) is 30.4 Å². The summed E-state index contributed by atoms with van der Waals surface area (Å²) in [5.74, 6) is 3.81. The molecule has 0 amide bonds. The van der Waals surface area contributed by atoms with Gasteiger partial charge in [-0.1, -0.05) is 19.8 Å². The first-order chi connectivity index (χ1) is 8.81. The van der Waals surface area contributed by atoms with Crippen LogP contribution in [0.2, 0.25) is 0 Å². The summed E-state index contributed by atoms with van der Waals surface area (Å²) in [6.07, 6.45) is 13.3. The molecule has 0 aromatic rings. The SMILES string of the molecule is CCCC1CCC2(CC1)CC(=C1SCCCS1)C2. The highest BCUT2D eigenvalue weighted by Crippen LogP contribution is 2.59. The lowest BCUT2D eigenvalue weighted by atomic mass is 9.57. The van der Waals surface area contributed by atoms with E-state index in [1.54, 1.807) is 4.24 Å². The van der Waals surface area contributed by atoms with E-state index in [1.165, 1.54) is 69.3 Å². The maximum Gasteiger partial charge on any atom is 0.0393 e. The summed E-state index contributed by atoms with van der Waals surface area (Å²) < 4.78 is 1.72. The van der Waals surface area contributed by atoms with Crippen molar-refractivity contribution in [3.63, 3.8) is 0 Å². The van der Waals surface area contributed by atoms with Gasteiger partial charge in [-0.15, -0.1) is 23.5 Å². The van der Waals surface area contributed by atoms with E-state index in [-0.39, 0.29) is 0 Å². The van der Waals surface area contributed by atoms with Crippen LogP contribution in [0.4, 0.5) is 0 Å². The summed E-state index contributed by atoms with van der Waals surface area (Å²) >= 11 is 4.29. The van der Waals surface area contributed by atoms with Gasteiger partial charge in [0.05, 0.1) is 0 Å². The smallest absolute Gasteiger partial charge is 0.0393 e. The second-order valence-corrected chi connectivity index (χ2v) is 9.00. The predicted octanol–water partition coefficient (Wildman–Crippen LogP) is 5.84. The van der Waals surface area contributed by atoms with Gasteiger partial charge in [-0.2, -0.15) is 0 Å². The quantitative estimate of drug-likeness (QED) is 0.624. The topological polar surface area (TPSA) is 0 Å². The highest BCUT2D eigenvalue weighted by Gasteiger charge is 2.44. The number of hydrogen-bond acceptors (Lipinski definition) is 2. The fourth-order valence-electron chi connectivity index (χ4n) is 3.97. The summed E-state index contributed by atoms with van der Waals surface area (Å²) in [6, 6.07) is 0. The largest absolute Gasteiger partial charge is 0.119 e. The van der Waals surface area contributed by atoms with Crippen LogP contribution in [0, 0.1) is 11.3 Å². The number of thioether (sulfide) groups is 2. The lowest BCUT2D eigenvalue weighted by Gasteiger charge is -2.49. The van der Waals surface area contributed by atoms with Crippen molar-refractivity contribution in [2.75, 3.05) is 11.5 Å². The summed E-state index contributed by atoms with van der Waals surface area (Å²) in [6.45, 7) is 2.34. The van der Waals surface area contributed by atoms with Gasteiger partial charge in [-0.25, -0.2) is 0 Å². The van der Waals surface area contributed by atoms with E-state index >= 15 is 0 Å². The second-order valence-electron chi connectivity index (χ2n) is 6.53. The third kappa shape index (κ3) is 2.80. The monoisotopic (exact) mass is 282 g/mol. The Labute approximate surface area is 121 Å². The second kappa shape index (κ2) is 5.83. The van der Waals surface area contributed by atoms with Crippen LogP contribution in [0.5, 0.6) is 0 Å². The molecular formula is C16H26S2. The number of hydrogen-bond donors (Lipinski definition) is 0. The van der Waals surface area contributed by atoms with Crippen LogP contribution >= 0.6 is 23.5 Å². The molecule has 18 heavy (non-hydrogen) atoms. The third-order valence-electron chi connectivity index (χ3n) is 5.08. The Bertz CT molecular complexity index is 306. The number of rotatable bonds is 2. The molecule has 0 nitrogen and oxygen atoms in total. The summed E-state index contributed by atoms with van der Waals surface area (Å²) in [4.78, 5) is 0. The van der Waals surface area contributed by atoms with Gasteiger partial charge in [0.15, 0.2) is 0 Å². The molecule has 1 heterocycles. The Morgan fingerprint density at radius 2 is 1.78 bits per heavy atom. The maximum atomic E-state index is 2.34. The minimum Gasteiger partial charge on any atom is -0.119 e. The fourth-order valence-corrected chi connectivity index (χ4v) is 6.63. The lowest BCUT2D eigenvalue weighted by molar-refractivity contribution is 0.0980. The van der Waals surface area contributed by atoms with Gasteiger partial charge in [0.25, 0.3) is 0 Å². The molecule has 2 heteroatoms.